The summed E-state index contributed by atoms with van der Waals surface area (Å²) in [7, 11) is 1.91. The van der Waals surface area contributed by atoms with Crippen molar-refractivity contribution in [3.05, 3.63) is 38.7 Å². The Labute approximate surface area is 132 Å². The normalized spacial score (nSPS) is 16.7. The van der Waals surface area contributed by atoms with Gasteiger partial charge in [0.25, 0.3) is 5.91 Å². The minimum Gasteiger partial charge on any atom is -0.336 e. The highest BCUT2D eigenvalue weighted by molar-refractivity contribution is 7.07. The van der Waals surface area contributed by atoms with Crippen LogP contribution in [-0.2, 0) is 13.6 Å². The molecule has 2 aromatic heterocycles. The molecule has 8 heteroatoms. The fourth-order valence-corrected chi connectivity index (χ4v) is 3.25. The Balaban J connectivity index is 1.59. The van der Waals surface area contributed by atoms with Gasteiger partial charge in [0.05, 0.1) is 6.20 Å². The Hall–Kier alpha value is -1.93. The van der Waals surface area contributed by atoms with Gasteiger partial charge in [0, 0.05) is 56.9 Å². The van der Waals surface area contributed by atoms with E-state index in [2.05, 4.69) is 15.0 Å². The molecule has 22 heavy (non-hydrogen) atoms. The van der Waals surface area contributed by atoms with E-state index in [-0.39, 0.29) is 10.8 Å². The maximum absolute atomic E-state index is 12.4. The smallest absolute Gasteiger partial charge is 0.305 e. The van der Waals surface area contributed by atoms with Crippen LogP contribution in [0, 0.1) is 0 Å². The summed E-state index contributed by atoms with van der Waals surface area (Å²) in [6.45, 7) is 4.04. The number of nitrogens with one attached hydrogen (secondary N) is 1. The van der Waals surface area contributed by atoms with E-state index in [1.807, 2.05) is 24.3 Å². The molecule has 3 rings (SSSR count). The predicted molar refractivity (Wildman–Crippen MR) is 83.9 cm³/mol. The third kappa shape index (κ3) is 3.45. The van der Waals surface area contributed by atoms with E-state index in [0.29, 0.717) is 12.2 Å². The van der Waals surface area contributed by atoms with Crippen molar-refractivity contribution in [2.45, 2.75) is 13.0 Å². The molecule has 1 aliphatic rings. The quantitative estimate of drug-likeness (QED) is 0.894. The van der Waals surface area contributed by atoms with Crippen LogP contribution in [0.1, 0.15) is 22.5 Å². The Morgan fingerprint density at radius 1 is 1.36 bits per heavy atom. The number of aryl methyl sites for hydroxylation is 1. The summed E-state index contributed by atoms with van der Waals surface area (Å²) in [5.74, 6) is -0.0819. The lowest BCUT2D eigenvalue weighted by Crippen LogP contribution is -2.35. The molecule has 0 spiro atoms. The number of carbonyl (C=O) groups excluding carboxylic acids is 1. The predicted octanol–water partition coefficient (Wildman–Crippen LogP) is 0.518. The molecule has 1 amide bonds. The molecule has 1 saturated heterocycles. The molecule has 1 aliphatic heterocycles. The highest BCUT2D eigenvalue weighted by Crippen LogP contribution is 2.11. The van der Waals surface area contributed by atoms with Crippen LogP contribution in [0.15, 0.2) is 22.6 Å². The summed E-state index contributed by atoms with van der Waals surface area (Å²) in [6, 6.07) is 0. The van der Waals surface area contributed by atoms with E-state index >= 15 is 0 Å². The van der Waals surface area contributed by atoms with Crippen molar-refractivity contribution in [2.24, 2.45) is 7.05 Å². The van der Waals surface area contributed by atoms with Crippen molar-refractivity contribution in [1.29, 1.82) is 0 Å². The summed E-state index contributed by atoms with van der Waals surface area (Å²) in [5, 5.41) is 5.78. The Morgan fingerprint density at radius 3 is 2.91 bits per heavy atom. The molecule has 0 atom stereocenters. The monoisotopic (exact) mass is 321 g/mol. The molecule has 118 valence electrons. The van der Waals surface area contributed by atoms with Gasteiger partial charge in [0.15, 0.2) is 0 Å². The summed E-state index contributed by atoms with van der Waals surface area (Å²) in [6.07, 6.45) is 4.83. The molecule has 0 radical (unpaired) electrons. The van der Waals surface area contributed by atoms with Crippen molar-refractivity contribution in [3.63, 3.8) is 0 Å². The van der Waals surface area contributed by atoms with Gasteiger partial charge in [-0.25, -0.2) is 0 Å². The number of amides is 1. The molecular formula is C14H19N5O2S. The van der Waals surface area contributed by atoms with Gasteiger partial charge < -0.3 is 9.88 Å². The van der Waals surface area contributed by atoms with E-state index < -0.39 is 0 Å². The number of hydrogen-bond donors (Lipinski definition) is 1. The fourth-order valence-electron chi connectivity index (χ4n) is 2.70. The third-order valence-electron chi connectivity index (χ3n) is 3.79. The Morgan fingerprint density at radius 2 is 2.23 bits per heavy atom. The maximum atomic E-state index is 12.4. The number of carbonyl (C=O) groups is 1. The number of H-pyrrole nitrogens is 1. The number of aromatic nitrogens is 3. The van der Waals surface area contributed by atoms with Crippen LogP contribution in [0.2, 0.25) is 0 Å². The summed E-state index contributed by atoms with van der Waals surface area (Å²) in [4.78, 5) is 30.1. The van der Waals surface area contributed by atoms with Crippen LogP contribution in [0.5, 0.6) is 0 Å². The van der Waals surface area contributed by atoms with Crippen molar-refractivity contribution in [1.82, 2.24) is 24.6 Å². The standard InChI is InChI=1S/C14H19N5O2S/c1-17-8-11(7-15-17)9-18-3-2-4-19(6-5-18)13(20)12-10-22-14(21)16-12/h7-8,10H,2-6,9H2,1H3,(H,16,21). The number of rotatable bonds is 3. The van der Waals surface area contributed by atoms with Crippen molar-refractivity contribution < 1.29 is 4.79 Å². The molecule has 1 N–H and O–H groups in total. The summed E-state index contributed by atoms with van der Waals surface area (Å²) in [5.41, 5.74) is 1.58. The molecule has 0 aromatic carbocycles. The van der Waals surface area contributed by atoms with Gasteiger partial charge in [-0.3, -0.25) is 19.2 Å². The van der Waals surface area contributed by atoms with E-state index in [9.17, 15) is 9.59 Å². The molecule has 0 aliphatic carbocycles. The number of thiazole rings is 1. The van der Waals surface area contributed by atoms with Gasteiger partial charge in [0.1, 0.15) is 5.69 Å². The Bertz CT molecular complexity index is 704. The zero-order valence-corrected chi connectivity index (χ0v) is 13.3. The lowest BCUT2D eigenvalue weighted by Gasteiger charge is -2.21. The van der Waals surface area contributed by atoms with E-state index in [1.165, 1.54) is 5.56 Å². The molecular weight excluding hydrogens is 302 g/mol. The number of aromatic amines is 1. The topological polar surface area (TPSA) is 74.2 Å². The number of nitrogens with zero attached hydrogens (tertiary/aromatic N) is 4. The lowest BCUT2D eigenvalue weighted by atomic mass is 10.3. The SMILES string of the molecule is Cn1cc(CN2CCCN(C(=O)c3csc(=O)[nH]3)CC2)cn1. The first-order chi connectivity index (χ1) is 10.6. The maximum Gasteiger partial charge on any atom is 0.305 e. The van der Waals surface area contributed by atoms with E-state index in [0.717, 1.165) is 43.9 Å². The highest BCUT2D eigenvalue weighted by atomic mass is 32.1. The van der Waals surface area contributed by atoms with E-state index in [1.54, 1.807) is 10.1 Å². The minimum atomic E-state index is -0.184. The number of hydrogen-bond acceptors (Lipinski definition) is 5. The van der Waals surface area contributed by atoms with Crippen LogP contribution >= 0.6 is 11.3 Å². The molecule has 0 bridgehead atoms. The van der Waals surface area contributed by atoms with Crippen molar-refractivity contribution in [2.75, 3.05) is 26.2 Å². The minimum absolute atomic E-state index is 0.0819. The highest BCUT2D eigenvalue weighted by Gasteiger charge is 2.21. The zero-order chi connectivity index (χ0) is 15.5. The molecule has 1 fully saturated rings. The van der Waals surface area contributed by atoms with E-state index in [4.69, 9.17) is 0 Å². The lowest BCUT2D eigenvalue weighted by molar-refractivity contribution is 0.0756. The van der Waals surface area contributed by atoms with Gasteiger partial charge in [-0.05, 0) is 6.42 Å². The third-order valence-corrected chi connectivity index (χ3v) is 4.46. The largest absolute Gasteiger partial charge is 0.336 e. The molecule has 7 nitrogen and oxygen atoms in total. The first-order valence-corrected chi connectivity index (χ1v) is 8.17. The van der Waals surface area contributed by atoms with Crippen LogP contribution < -0.4 is 4.87 Å². The van der Waals surface area contributed by atoms with Crippen LogP contribution in [-0.4, -0.2) is 56.7 Å². The fraction of sp³-hybridized carbons (Fsp3) is 0.500. The van der Waals surface area contributed by atoms with Gasteiger partial charge >= 0.3 is 4.87 Å². The average Bonchev–Trinajstić information content (AvgIpc) is 3.02. The summed E-state index contributed by atoms with van der Waals surface area (Å²) < 4.78 is 1.80. The first-order valence-electron chi connectivity index (χ1n) is 7.29. The second-order valence-corrected chi connectivity index (χ2v) is 6.35. The van der Waals surface area contributed by atoms with Crippen molar-refractivity contribution in [3.8, 4) is 0 Å². The second kappa shape index (κ2) is 6.45. The first kappa shape index (κ1) is 15.0. The van der Waals surface area contributed by atoms with Gasteiger partial charge in [-0.2, -0.15) is 5.10 Å². The molecule has 0 unspecified atom stereocenters. The van der Waals surface area contributed by atoms with Crippen LogP contribution in [0.3, 0.4) is 0 Å². The van der Waals surface area contributed by atoms with Crippen molar-refractivity contribution >= 4 is 17.2 Å². The van der Waals surface area contributed by atoms with Gasteiger partial charge in [0.2, 0.25) is 0 Å². The van der Waals surface area contributed by atoms with Gasteiger partial charge in [-0.15, -0.1) is 0 Å². The Kier molecular flexibility index (Phi) is 4.39. The zero-order valence-electron chi connectivity index (χ0n) is 12.5. The summed E-state index contributed by atoms with van der Waals surface area (Å²) >= 11 is 1.03. The van der Waals surface area contributed by atoms with Crippen LogP contribution in [0.25, 0.3) is 0 Å². The van der Waals surface area contributed by atoms with Gasteiger partial charge in [-0.1, -0.05) is 11.3 Å². The molecule has 0 saturated carbocycles. The second-order valence-electron chi connectivity index (χ2n) is 5.51. The van der Waals surface area contributed by atoms with Crippen LogP contribution in [0.4, 0.5) is 0 Å². The molecule has 2 aromatic rings. The average molecular weight is 321 g/mol. The molecule has 3 heterocycles.